The highest BCUT2D eigenvalue weighted by Gasteiger charge is 2.37. The molecule has 1 amide bonds. The van der Waals surface area contributed by atoms with Gasteiger partial charge in [0.15, 0.2) is 0 Å². The summed E-state index contributed by atoms with van der Waals surface area (Å²) in [6.45, 7) is 0.398. The zero-order valence-electron chi connectivity index (χ0n) is 12.5. The van der Waals surface area contributed by atoms with Gasteiger partial charge in [0.2, 0.25) is 5.91 Å². The molecule has 2 rings (SSSR count). The van der Waals surface area contributed by atoms with E-state index in [9.17, 15) is 4.79 Å². The highest BCUT2D eigenvalue weighted by Crippen LogP contribution is 2.37. The van der Waals surface area contributed by atoms with E-state index in [1.807, 2.05) is 18.2 Å². The van der Waals surface area contributed by atoms with E-state index < -0.39 is 5.41 Å². The van der Waals surface area contributed by atoms with Gasteiger partial charge in [-0.15, -0.1) is 0 Å². The van der Waals surface area contributed by atoms with E-state index in [-0.39, 0.29) is 5.91 Å². The van der Waals surface area contributed by atoms with E-state index in [1.54, 1.807) is 7.11 Å². The molecule has 0 aliphatic heterocycles. The average molecular weight is 355 g/mol. The van der Waals surface area contributed by atoms with E-state index in [0.29, 0.717) is 18.0 Å². The van der Waals surface area contributed by atoms with Crippen LogP contribution < -0.4 is 15.8 Å². The lowest BCUT2D eigenvalue weighted by Crippen LogP contribution is -2.42. The Morgan fingerprint density at radius 2 is 2.00 bits per heavy atom. The largest absolute Gasteiger partial charge is 0.495 e. The van der Waals surface area contributed by atoms with Crippen molar-refractivity contribution in [1.29, 1.82) is 0 Å². The minimum atomic E-state index is -0.441. The number of anilines is 1. The van der Waals surface area contributed by atoms with Crippen LogP contribution in [0, 0.1) is 5.41 Å². The number of nitrogens with two attached hydrogens (primary N) is 1. The normalized spacial score (nSPS) is 17.9. The number of halogens is 1. The number of benzene rings is 1. The van der Waals surface area contributed by atoms with E-state index in [4.69, 9.17) is 10.5 Å². The third kappa shape index (κ3) is 3.77. The van der Waals surface area contributed by atoms with Gasteiger partial charge in [0.25, 0.3) is 0 Å². The maximum atomic E-state index is 12.8. The molecule has 0 aromatic heterocycles. The van der Waals surface area contributed by atoms with E-state index in [2.05, 4.69) is 21.2 Å². The van der Waals surface area contributed by atoms with Gasteiger partial charge >= 0.3 is 0 Å². The van der Waals surface area contributed by atoms with Gasteiger partial charge in [-0.1, -0.05) is 41.6 Å². The number of amides is 1. The first-order valence-corrected chi connectivity index (χ1v) is 8.26. The number of methoxy groups -OCH3 is 1. The number of carbonyl (C=O) groups excluding carboxylic acids is 1. The smallest absolute Gasteiger partial charge is 0.231 e. The minimum Gasteiger partial charge on any atom is -0.495 e. The van der Waals surface area contributed by atoms with Crippen LogP contribution in [0.5, 0.6) is 5.75 Å². The van der Waals surface area contributed by atoms with Crippen LogP contribution >= 0.6 is 15.9 Å². The van der Waals surface area contributed by atoms with Crippen LogP contribution in [0.25, 0.3) is 0 Å². The summed E-state index contributed by atoms with van der Waals surface area (Å²) in [7, 11) is 1.60. The Hall–Kier alpha value is -1.07. The molecule has 0 saturated heterocycles. The minimum absolute atomic E-state index is 0.0169. The Labute approximate surface area is 134 Å². The number of hydrogen-bond donors (Lipinski definition) is 2. The van der Waals surface area contributed by atoms with Crippen LogP contribution in [0.1, 0.15) is 38.5 Å². The molecule has 0 atom stereocenters. The second kappa shape index (κ2) is 7.27. The van der Waals surface area contributed by atoms with Crippen molar-refractivity contribution in [3.05, 3.63) is 22.7 Å². The predicted molar refractivity (Wildman–Crippen MR) is 88.5 cm³/mol. The summed E-state index contributed by atoms with van der Waals surface area (Å²) in [4.78, 5) is 12.8. The molecule has 0 spiro atoms. The molecule has 4 nitrogen and oxygen atoms in total. The van der Waals surface area contributed by atoms with Crippen LogP contribution in [-0.4, -0.2) is 19.6 Å². The van der Waals surface area contributed by atoms with Crippen molar-refractivity contribution >= 4 is 27.5 Å². The second-order valence-corrected chi connectivity index (χ2v) is 6.61. The Morgan fingerprint density at radius 1 is 1.33 bits per heavy atom. The van der Waals surface area contributed by atoms with Crippen molar-refractivity contribution in [2.45, 2.75) is 38.5 Å². The summed E-state index contributed by atoms with van der Waals surface area (Å²) in [5.41, 5.74) is 6.21. The lowest BCUT2D eigenvalue weighted by molar-refractivity contribution is -0.125. The molecule has 0 heterocycles. The molecule has 116 valence electrons. The maximum Gasteiger partial charge on any atom is 0.231 e. The molecule has 0 unspecified atom stereocenters. The second-order valence-electron chi connectivity index (χ2n) is 5.70. The number of nitrogens with one attached hydrogen (secondary N) is 1. The molecule has 1 aliphatic carbocycles. The van der Waals surface area contributed by atoms with E-state index >= 15 is 0 Å². The van der Waals surface area contributed by atoms with Gasteiger partial charge in [-0.3, -0.25) is 4.79 Å². The molecule has 1 aliphatic rings. The molecule has 3 N–H and O–H groups in total. The van der Waals surface area contributed by atoms with Gasteiger partial charge in [0.05, 0.1) is 18.2 Å². The molecule has 0 radical (unpaired) electrons. The van der Waals surface area contributed by atoms with Gasteiger partial charge in [-0.25, -0.2) is 0 Å². The van der Waals surface area contributed by atoms with Gasteiger partial charge < -0.3 is 15.8 Å². The fourth-order valence-corrected chi connectivity index (χ4v) is 3.32. The van der Waals surface area contributed by atoms with Gasteiger partial charge in [0, 0.05) is 11.0 Å². The molecule has 21 heavy (non-hydrogen) atoms. The molecule has 1 saturated carbocycles. The third-order valence-corrected chi connectivity index (χ3v) is 4.84. The van der Waals surface area contributed by atoms with Crippen molar-refractivity contribution < 1.29 is 9.53 Å². The highest BCUT2D eigenvalue weighted by molar-refractivity contribution is 9.10. The Balaban J connectivity index is 2.21. The first-order chi connectivity index (χ1) is 10.1. The zero-order chi connectivity index (χ0) is 15.3. The van der Waals surface area contributed by atoms with Gasteiger partial charge in [-0.05, 0) is 31.0 Å². The number of rotatable bonds is 4. The Kier molecular flexibility index (Phi) is 5.65. The fraction of sp³-hybridized carbons (Fsp3) is 0.562. The summed E-state index contributed by atoms with van der Waals surface area (Å²) in [5, 5.41) is 3.02. The predicted octanol–water partition coefficient (Wildman–Crippen LogP) is 3.70. The molecule has 0 bridgehead atoms. The standard InChI is InChI=1S/C16H23BrN2O2/c1-21-14-7-6-12(17)10-13(14)19-15(20)16(11-18)8-4-2-3-5-9-16/h6-7,10H,2-5,8-9,11,18H2,1H3,(H,19,20). The zero-order valence-corrected chi connectivity index (χ0v) is 14.0. The molecular weight excluding hydrogens is 332 g/mol. The average Bonchev–Trinajstić information content (AvgIpc) is 2.74. The molecular formula is C16H23BrN2O2. The summed E-state index contributed by atoms with van der Waals surface area (Å²) >= 11 is 3.42. The Morgan fingerprint density at radius 3 is 2.57 bits per heavy atom. The van der Waals surface area contributed by atoms with Crippen molar-refractivity contribution in [1.82, 2.24) is 0 Å². The molecule has 1 aromatic rings. The number of hydrogen-bond acceptors (Lipinski definition) is 3. The molecule has 1 fully saturated rings. The van der Waals surface area contributed by atoms with Crippen molar-refractivity contribution in [2.75, 3.05) is 19.0 Å². The monoisotopic (exact) mass is 354 g/mol. The summed E-state index contributed by atoms with van der Waals surface area (Å²) in [5.74, 6) is 0.677. The van der Waals surface area contributed by atoms with E-state index in [1.165, 1.54) is 12.8 Å². The lowest BCUT2D eigenvalue weighted by atomic mass is 9.79. The first-order valence-electron chi connectivity index (χ1n) is 7.46. The Bertz CT molecular complexity index is 497. The highest BCUT2D eigenvalue weighted by atomic mass is 79.9. The van der Waals surface area contributed by atoms with Crippen LogP contribution in [0.4, 0.5) is 5.69 Å². The van der Waals surface area contributed by atoms with Crippen LogP contribution in [-0.2, 0) is 4.79 Å². The summed E-state index contributed by atoms with van der Waals surface area (Å²) in [6.07, 6.45) is 6.25. The van der Waals surface area contributed by atoms with Crippen molar-refractivity contribution in [3.8, 4) is 5.75 Å². The van der Waals surface area contributed by atoms with Gasteiger partial charge in [-0.2, -0.15) is 0 Å². The SMILES string of the molecule is COc1ccc(Br)cc1NC(=O)C1(CN)CCCCCC1. The first kappa shape index (κ1) is 16.3. The van der Waals surface area contributed by atoms with Crippen LogP contribution in [0.3, 0.4) is 0 Å². The topological polar surface area (TPSA) is 64.3 Å². The number of ether oxygens (including phenoxy) is 1. The maximum absolute atomic E-state index is 12.8. The number of carbonyl (C=O) groups is 1. The quantitative estimate of drug-likeness (QED) is 0.810. The van der Waals surface area contributed by atoms with E-state index in [0.717, 1.165) is 30.2 Å². The van der Waals surface area contributed by atoms with Crippen LogP contribution in [0.15, 0.2) is 22.7 Å². The fourth-order valence-electron chi connectivity index (χ4n) is 2.96. The van der Waals surface area contributed by atoms with Crippen molar-refractivity contribution in [3.63, 3.8) is 0 Å². The van der Waals surface area contributed by atoms with Crippen LogP contribution in [0.2, 0.25) is 0 Å². The van der Waals surface area contributed by atoms with Crippen molar-refractivity contribution in [2.24, 2.45) is 11.1 Å². The third-order valence-electron chi connectivity index (χ3n) is 4.34. The summed E-state index contributed by atoms with van der Waals surface area (Å²) < 4.78 is 6.22. The molecule has 1 aromatic carbocycles. The molecule has 5 heteroatoms. The lowest BCUT2D eigenvalue weighted by Gasteiger charge is -2.30. The van der Waals surface area contributed by atoms with Gasteiger partial charge in [0.1, 0.15) is 5.75 Å². The summed E-state index contributed by atoms with van der Waals surface area (Å²) in [6, 6.07) is 5.58.